The number of aryl methyl sites for hydroxylation is 1. The van der Waals surface area contributed by atoms with Gasteiger partial charge in [0.2, 0.25) is 10.0 Å². The molecule has 0 saturated heterocycles. The predicted octanol–water partition coefficient (Wildman–Crippen LogP) is 5.19. The number of aromatic nitrogens is 1. The molecule has 0 unspecified atom stereocenters. The predicted molar refractivity (Wildman–Crippen MR) is 113 cm³/mol. The van der Waals surface area contributed by atoms with Gasteiger partial charge in [0.15, 0.2) is 0 Å². The second-order valence-corrected chi connectivity index (χ2v) is 8.84. The van der Waals surface area contributed by atoms with Crippen LogP contribution in [0.25, 0.3) is 0 Å². The molecule has 0 N–H and O–H groups in total. The third-order valence-corrected chi connectivity index (χ3v) is 6.26. The lowest BCUT2D eigenvalue weighted by Gasteiger charge is -2.26. The van der Waals surface area contributed by atoms with Gasteiger partial charge in [-0.15, -0.1) is 0 Å². The van der Waals surface area contributed by atoms with Gasteiger partial charge >= 0.3 is 0 Å². The Bertz CT molecular complexity index is 1040. The van der Waals surface area contributed by atoms with Crippen molar-refractivity contribution in [2.24, 2.45) is 0 Å². The van der Waals surface area contributed by atoms with Gasteiger partial charge in [-0.25, -0.2) is 8.42 Å². The summed E-state index contributed by atoms with van der Waals surface area (Å²) in [6.45, 7) is 3.63. The van der Waals surface area contributed by atoms with Crippen LogP contribution in [0.1, 0.15) is 18.1 Å². The van der Waals surface area contributed by atoms with E-state index in [1.807, 2.05) is 43.3 Å². The first-order chi connectivity index (χ1) is 13.4. The van der Waals surface area contributed by atoms with Crippen molar-refractivity contribution < 1.29 is 13.2 Å². The zero-order valence-electron chi connectivity index (χ0n) is 15.7. The third-order valence-electron chi connectivity index (χ3n) is 4.23. The number of sulfonamides is 1. The minimum atomic E-state index is -3.54. The van der Waals surface area contributed by atoms with E-state index >= 15 is 0 Å². The summed E-state index contributed by atoms with van der Waals surface area (Å²) in [5, 5.41) is 0.303. The van der Waals surface area contributed by atoms with Gasteiger partial charge in [0.05, 0.1) is 23.0 Å². The fourth-order valence-electron chi connectivity index (χ4n) is 2.71. The average molecular weight is 417 g/mol. The second kappa shape index (κ2) is 8.63. The van der Waals surface area contributed by atoms with Crippen LogP contribution in [0.3, 0.4) is 0 Å². The van der Waals surface area contributed by atoms with Gasteiger partial charge in [0.25, 0.3) is 0 Å². The monoisotopic (exact) mass is 416 g/mol. The lowest BCUT2D eigenvalue weighted by Crippen LogP contribution is -2.32. The minimum absolute atomic E-state index is 0.0368. The molecule has 2 aromatic carbocycles. The smallest absolute Gasteiger partial charge is 0.235 e. The zero-order chi connectivity index (χ0) is 20.1. The summed E-state index contributed by atoms with van der Waals surface area (Å²) in [4.78, 5) is 4.07. The Balaban J connectivity index is 1.99. The van der Waals surface area contributed by atoms with E-state index < -0.39 is 10.0 Å². The lowest BCUT2D eigenvalue weighted by molar-refractivity contribution is 0.479. The van der Waals surface area contributed by atoms with Crippen LogP contribution in [0.15, 0.2) is 67.0 Å². The van der Waals surface area contributed by atoms with Gasteiger partial charge < -0.3 is 4.74 Å². The molecule has 0 radical (unpaired) electrons. The van der Waals surface area contributed by atoms with Crippen molar-refractivity contribution in [3.63, 3.8) is 0 Å². The Morgan fingerprint density at radius 3 is 2.50 bits per heavy atom. The van der Waals surface area contributed by atoms with Gasteiger partial charge in [-0.1, -0.05) is 35.9 Å². The summed E-state index contributed by atoms with van der Waals surface area (Å²) in [6, 6.07) is 16.4. The largest absolute Gasteiger partial charge is 0.457 e. The van der Waals surface area contributed by atoms with E-state index in [1.165, 1.54) is 4.31 Å². The van der Waals surface area contributed by atoms with Crippen LogP contribution in [-0.4, -0.2) is 19.2 Å². The summed E-state index contributed by atoms with van der Waals surface area (Å²) in [5.74, 6) is 1.23. The number of para-hydroxylation sites is 1. The number of hydrogen-bond donors (Lipinski definition) is 0. The molecule has 0 saturated carbocycles. The minimum Gasteiger partial charge on any atom is -0.457 e. The van der Waals surface area contributed by atoms with Gasteiger partial charge in [-0.2, -0.15) is 0 Å². The zero-order valence-corrected chi connectivity index (χ0v) is 17.2. The first-order valence-electron chi connectivity index (χ1n) is 8.83. The van der Waals surface area contributed by atoms with Crippen molar-refractivity contribution in [3.05, 3.63) is 83.1 Å². The van der Waals surface area contributed by atoms with Crippen LogP contribution < -0.4 is 9.04 Å². The van der Waals surface area contributed by atoms with E-state index in [2.05, 4.69) is 4.98 Å². The van der Waals surface area contributed by atoms with E-state index in [0.29, 0.717) is 22.2 Å². The first-order valence-corrected chi connectivity index (χ1v) is 10.8. The maximum atomic E-state index is 12.8. The topological polar surface area (TPSA) is 59.5 Å². The molecular formula is C21H21ClN2O3S. The summed E-state index contributed by atoms with van der Waals surface area (Å²) in [5.41, 5.74) is 1.98. The number of nitrogens with zero attached hydrogens (tertiary/aromatic N) is 2. The van der Waals surface area contributed by atoms with Gasteiger partial charge in [0.1, 0.15) is 11.5 Å². The van der Waals surface area contributed by atoms with Crippen LogP contribution in [0.4, 0.5) is 5.69 Å². The highest BCUT2D eigenvalue weighted by Gasteiger charge is 2.24. The molecule has 0 aliphatic carbocycles. The molecule has 146 valence electrons. The van der Waals surface area contributed by atoms with Crippen molar-refractivity contribution >= 4 is 27.3 Å². The van der Waals surface area contributed by atoms with E-state index in [0.717, 1.165) is 11.1 Å². The van der Waals surface area contributed by atoms with Crippen LogP contribution in [0.2, 0.25) is 5.02 Å². The number of pyridine rings is 1. The Hall–Kier alpha value is -2.57. The maximum Gasteiger partial charge on any atom is 0.235 e. The number of ether oxygens (including phenoxy) is 1. The van der Waals surface area contributed by atoms with Crippen molar-refractivity contribution in [1.82, 2.24) is 4.98 Å². The first kappa shape index (κ1) is 20.2. The molecule has 0 aliphatic heterocycles. The van der Waals surface area contributed by atoms with E-state index in [9.17, 15) is 8.42 Å². The van der Waals surface area contributed by atoms with Crippen molar-refractivity contribution in [2.45, 2.75) is 20.4 Å². The molecular weight excluding hydrogens is 396 g/mol. The fourth-order valence-corrected chi connectivity index (χ4v) is 4.13. The van der Waals surface area contributed by atoms with Crippen molar-refractivity contribution in [3.8, 4) is 11.5 Å². The third kappa shape index (κ3) is 4.64. The Morgan fingerprint density at radius 1 is 1.11 bits per heavy atom. The molecule has 5 nitrogen and oxygen atoms in total. The molecule has 0 atom stereocenters. The van der Waals surface area contributed by atoms with Gasteiger partial charge in [-0.3, -0.25) is 9.29 Å². The normalized spacial score (nSPS) is 11.2. The van der Waals surface area contributed by atoms with Crippen LogP contribution in [0.5, 0.6) is 11.5 Å². The molecule has 0 amide bonds. The molecule has 1 aromatic heterocycles. The molecule has 0 bridgehead atoms. The Morgan fingerprint density at radius 2 is 1.86 bits per heavy atom. The lowest BCUT2D eigenvalue weighted by atomic mass is 10.2. The van der Waals surface area contributed by atoms with Crippen molar-refractivity contribution in [1.29, 1.82) is 0 Å². The SMILES string of the molecule is CCS(=O)(=O)N(Cc1cccnc1)c1cc(C)c(Oc2ccccc2)cc1Cl. The number of halogens is 1. The number of rotatable bonds is 7. The average Bonchev–Trinajstić information content (AvgIpc) is 2.70. The number of hydrogen-bond acceptors (Lipinski definition) is 4. The maximum absolute atomic E-state index is 12.8. The highest BCUT2D eigenvalue weighted by molar-refractivity contribution is 7.92. The van der Waals surface area contributed by atoms with Gasteiger partial charge in [-0.05, 0) is 49.2 Å². The van der Waals surface area contributed by atoms with E-state index in [-0.39, 0.29) is 12.3 Å². The molecule has 0 fully saturated rings. The summed E-state index contributed by atoms with van der Waals surface area (Å²) in [7, 11) is -3.54. The van der Waals surface area contributed by atoms with Gasteiger partial charge in [0, 0.05) is 18.5 Å². The molecule has 28 heavy (non-hydrogen) atoms. The fraction of sp³-hybridized carbons (Fsp3) is 0.190. The number of benzene rings is 2. The molecule has 7 heteroatoms. The highest BCUT2D eigenvalue weighted by Crippen LogP contribution is 2.37. The molecule has 3 aromatic rings. The Labute approximate surface area is 170 Å². The highest BCUT2D eigenvalue weighted by atomic mass is 35.5. The van der Waals surface area contributed by atoms with Crippen LogP contribution >= 0.6 is 11.6 Å². The van der Waals surface area contributed by atoms with E-state index in [1.54, 1.807) is 37.5 Å². The molecule has 0 spiro atoms. The van der Waals surface area contributed by atoms with E-state index in [4.69, 9.17) is 16.3 Å². The molecule has 3 rings (SSSR count). The molecule has 1 heterocycles. The summed E-state index contributed by atoms with van der Waals surface area (Å²) >= 11 is 6.49. The van der Waals surface area contributed by atoms with Crippen molar-refractivity contribution in [2.75, 3.05) is 10.1 Å². The Kier molecular flexibility index (Phi) is 6.21. The number of anilines is 1. The molecule has 0 aliphatic rings. The standard InChI is InChI=1S/C21H21ClN2O3S/c1-3-28(25,26)24(15-17-8-7-11-23-14-17)20-12-16(2)21(13-19(20)22)27-18-9-5-4-6-10-18/h4-14H,3,15H2,1-2H3. The summed E-state index contributed by atoms with van der Waals surface area (Å²) in [6.07, 6.45) is 3.29. The van der Waals surface area contributed by atoms with Crippen LogP contribution in [-0.2, 0) is 16.6 Å². The quantitative estimate of drug-likeness (QED) is 0.531. The summed E-state index contributed by atoms with van der Waals surface area (Å²) < 4.78 is 32.7. The second-order valence-electron chi connectivity index (χ2n) is 6.25. The van der Waals surface area contributed by atoms with Crippen LogP contribution in [0, 0.1) is 6.92 Å².